The fourth-order valence-corrected chi connectivity index (χ4v) is 1.91. The summed E-state index contributed by atoms with van der Waals surface area (Å²) in [7, 11) is 0. The monoisotopic (exact) mass is 208 g/mol. The van der Waals surface area contributed by atoms with E-state index in [1.807, 2.05) is 0 Å². The SMILES string of the molecule is NC(=NO)c1ccccc1C1(F)CCC1. The van der Waals surface area contributed by atoms with Gasteiger partial charge in [0.25, 0.3) is 0 Å². The first kappa shape index (κ1) is 9.96. The van der Waals surface area contributed by atoms with Crippen LogP contribution in [0.3, 0.4) is 0 Å². The van der Waals surface area contributed by atoms with E-state index in [-0.39, 0.29) is 5.84 Å². The van der Waals surface area contributed by atoms with Crippen LogP contribution in [0, 0.1) is 0 Å². The van der Waals surface area contributed by atoms with E-state index in [4.69, 9.17) is 10.9 Å². The molecule has 1 aromatic carbocycles. The summed E-state index contributed by atoms with van der Waals surface area (Å²) in [6.45, 7) is 0. The van der Waals surface area contributed by atoms with Crippen LogP contribution in [0.5, 0.6) is 0 Å². The maximum Gasteiger partial charge on any atom is 0.170 e. The second-order valence-corrected chi connectivity index (χ2v) is 3.85. The molecule has 1 aromatic rings. The largest absolute Gasteiger partial charge is 0.409 e. The maximum absolute atomic E-state index is 14.2. The summed E-state index contributed by atoms with van der Waals surface area (Å²) >= 11 is 0. The lowest BCUT2D eigenvalue weighted by Crippen LogP contribution is -2.32. The van der Waals surface area contributed by atoms with Gasteiger partial charge in [0, 0.05) is 11.1 Å². The van der Waals surface area contributed by atoms with Gasteiger partial charge in [-0.25, -0.2) is 4.39 Å². The zero-order chi connectivity index (χ0) is 10.9. The summed E-state index contributed by atoms with van der Waals surface area (Å²) < 4.78 is 14.2. The molecular formula is C11H13FN2O. The van der Waals surface area contributed by atoms with Gasteiger partial charge in [-0.05, 0) is 19.3 Å². The Labute approximate surface area is 87.4 Å². The maximum atomic E-state index is 14.2. The third-order valence-corrected chi connectivity index (χ3v) is 2.94. The lowest BCUT2D eigenvalue weighted by atomic mass is 9.75. The van der Waals surface area contributed by atoms with Crippen molar-refractivity contribution in [1.29, 1.82) is 0 Å². The molecule has 4 heteroatoms. The van der Waals surface area contributed by atoms with Gasteiger partial charge in [0.2, 0.25) is 0 Å². The van der Waals surface area contributed by atoms with Crippen molar-refractivity contribution >= 4 is 5.84 Å². The lowest BCUT2D eigenvalue weighted by Gasteiger charge is -2.35. The number of rotatable bonds is 2. The number of nitrogens with zero attached hydrogens (tertiary/aromatic N) is 1. The van der Waals surface area contributed by atoms with Crippen LogP contribution in [-0.2, 0) is 5.67 Å². The Bertz CT molecular complexity index is 399. The molecule has 0 saturated heterocycles. The molecule has 0 bridgehead atoms. The zero-order valence-corrected chi connectivity index (χ0v) is 8.28. The number of hydrogen-bond donors (Lipinski definition) is 2. The van der Waals surface area contributed by atoms with Crippen LogP contribution in [0.4, 0.5) is 4.39 Å². The average molecular weight is 208 g/mol. The molecule has 1 aliphatic rings. The Hall–Kier alpha value is -1.58. The van der Waals surface area contributed by atoms with Crippen molar-refractivity contribution in [1.82, 2.24) is 0 Å². The standard InChI is InChI=1S/C11H13FN2O/c12-11(6-3-7-11)9-5-2-1-4-8(9)10(13)14-15/h1-2,4-5,15H,3,6-7H2,(H2,13,14). The van der Waals surface area contributed by atoms with E-state index in [0.717, 1.165) is 6.42 Å². The predicted molar refractivity (Wildman–Crippen MR) is 55.6 cm³/mol. The highest BCUT2D eigenvalue weighted by molar-refractivity contribution is 5.98. The molecule has 0 heterocycles. The molecule has 15 heavy (non-hydrogen) atoms. The van der Waals surface area contributed by atoms with Gasteiger partial charge in [-0.3, -0.25) is 0 Å². The van der Waals surface area contributed by atoms with E-state index in [0.29, 0.717) is 24.0 Å². The van der Waals surface area contributed by atoms with Crippen LogP contribution in [0.1, 0.15) is 30.4 Å². The summed E-state index contributed by atoms with van der Waals surface area (Å²) in [5.74, 6) is -0.0328. The third-order valence-electron chi connectivity index (χ3n) is 2.94. The number of nitrogens with two attached hydrogens (primary N) is 1. The van der Waals surface area contributed by atoms with E-state index < -0.39 is 5.67 Å². The number of alkyl halides is 1. The van der Waals surface area contributed by atoms with Gasteiger partial charge in [-0.15, -0.1) is 0 Å². The Morgan fingerprint density at radius 3 is 2.60 bits per heavy atom. The van der Waals surface area contributed by atoms with Crippen molar-refractivity contribution in [2.24, 2.45) is 10.9 Å². The second kappa shape index (κ2) is 3.53. The summed E-state index contributed by atoms with van der Waals surface area (Å²) in [6, 6.07) is 6.89. The van der Waals surface area contributed by atoms with E-state index in [9.17, 15) is 4.39 Å². The van der Waals surface area contributed by atoms with E-state index >= 15 is 0 Å². The van der Waals surface area contributed by atoms with Gasteiger partial charge in [0.15, 0.2) is 5.84 Å². The Balaban J connectivity index is 2.47. The Kier molecular flexibility index (Phi) is 2.34. The normalized spacial score (nSPS) is 19.7. The molecule has 80 valence electrons. The Morgan fingerprint density at radius 2 is 2.07 bits per heavy atom. The van der Waals surface area contributed by atoms with Gasteiger partial charge in [0.1, 0.15) is 5.67 Å². The van der Waals surface area contributed by atoms with Crippen molar-refractivity contribution in [3.8, 4) is 0 Å². The van der Waals surface area contributed by atoms with Crippen molar-refractivity contribution in [3.63, 3.8) is 0 Å². The van der Waals surface area contributed by atoms with Gasteiger partial charge in [-0.1, -0.05) is 29.4 Å². The molecule has 0 spiro atoms. The molecule has 2 rings (SSSR count). The highest BCUT2D eigenvalue weighted by atomic mass is 19.1. The first-order valence-electron chi connectivity index (χ1n) is 4.94. The minimum absolute atomic E-state index is 0.0328. The molecule has 0 unspecified atom stereocenters. The van der Waals surface area contributed by atoms with Crippen molar-refractivity contribution in [3.05, 3.63) is 35.4 Å². The summed E-state index contributed by atoms with van der Waals surface area (Å²) in [4.78, 5) is 0. The summed E-state index contributed by atoms with van der Waals surface area (Å²) in [6.07, 6.45) is 1.92. The summed E-state index contributed by atoms with van der Waals surface area (Å²) in [5.41, 5.74) is 5.24. The molecule has 1 aliphatic carbocycles. The molecule has 3 nitrogen and oxygen atoms in total. The third kappa shape index (κ3) is 1.56. The number of oxime groups is 1. The van der Waals surface area contributed by atoms with Crippen LogP contribution in [0.15, 0.2) is 29.4 Å². The molecule has 0 amide bonds. The van der Waals surface area contributed by atoms with Gasteiger partial charge in [0.05, 0.1) is 0 Å². The lowest BCUT2D eigenvalue weighted by molar-refractivity contribution is 0.0607. The van der Waals surface area contributed by atoms with Crippen LogP contribution < -0.4 is 5.73 Å². The quantitative estimate of drug-likeness (QED) is 0.338. The van der Waals surface area contributed by atoms with Gasteiger partial charge >= 0.3 is 0 Å². The zero-order valence-electron chi connectivity index (χ0n) is 8.28. The first-order chi connectivity index (χ1) is 7.17. The average Bonchev–Trinajstić information content (AvgIpc) is 2.25. The van der Waals surface area contributed by atoms with Crippen LogP contribution in [-0.4, -0.2) is 11.0 Å². The molecule has 0 radical (unpaired) electrons. The van der Waals surface area contributed by atoms with Crippen molar-refractivity contribution < 1.29 is 9.60 Å². The minimum Gasteiger partial charge on any atom is -0.409 e. The molecule has 0 aliphatic heterocycles. The van der Waals surface area contributed by atoms with Gasteiger partial charge < -0.3 is 10.9 Å². The van der Waals surface area contributed by atoms with Crippen LogP contribution in [0.2, 0.25) is 0 Å². The molecule has 1 saturated carbocycles. The highest BCUT2D eigenvalue weighted by Crippen LogP contribution is 2.46. The summed E-state index contributed by atoms with van der Waals surface area (Å²) in [5, 5.41) is 11.5. The number of benzene rings is 1. The Morgan fingerprint density at radius 1 is 1.40 bits per heavy atom. The number of amidine groups is 1. The van der Waals surface area contributed by atoms with E-state index in [1.165, 1.54) is 0 Å². The highest BCUT2D eigenvalue weighted by Gasteiger charge is 2.40. The first-order valence-corrected chi connectivity index (χ1v) is 4.94. The molecule has 0 atom stereocenters. The predicted octanol–water partition coefficient (Wildman–Crippen LogP) is 2.13. The number of hydrogen-bond acceptors (Lipinski definition) is 2. The fourth-order valence-electron chi connectivity index (χ4n) is 1.91. The second-order valence-electron chi connectivity index (χ2n) is 3.85. The van der Waals surface area contributed by atoms with Crippen molar-refractivity contribution in [2.75, 3.05) is 0 Å². The minimum atomic E-state index is -1.29. The molecule has 1 fully saturated rings. The number of halogens is 1. The smallest absolute Gasteiger partial charge is 0.170 e. The topological polar surface area (TPSA) is 58.6 Å². The van der Waals surface area contributed by atoms with E-state index in [1.54, 1.807) is 24.3 Å². The van der Waals surface area contributed by atoms with Crippen molar-refractivity contribution in [2.45, 2.75) is 24.9 Å². The molecule has 0 aromatic heterocycles. The van der Waals surface area contributed by atoms with Crippen LogP contribution in [0.25, 0.3) is 0 Å². The fraction of sp³-hybridized carbons (Fsp3) is 0.364. The van der Waals surface area contributed by atoms with Crippen LogP contribution >= 0.6 is 0 Å². The molecule has 3 N–H and O–H groups in total. The molecular weight excluding hydrogens is 195 g/mol. The van der Waals surface area contributed by atoms with Gasteiger partial charge in [-0.2, -0.15) is 0 Å². The van der Waals surface area contributed by atoms with E-state index in [2.05, 4.69) is 5.16 Å².